The van der Waals surface area contributed by atoms with Crippen LogP contribution in [0, 0.1) is 0 Å². The minimum atomic E-state index is -0.386. The van der Waals surface area contributed by atoms with Crippen LogP contribution in [0.5, 0.6) is 0 Å². The summed E-state index contributed by atoms with van der Waals surface area (Å²) in [6.45, 7) is 2.71. The molecule has 0 radical (unpaired) electrons. The SMILES string of the molecule is CCNc1ncnc2oc3ccc(C(=O)OC)cc3c12. The number of benzene rings is 1. The fraction of sp³-hybridized carbons (Fsp3) is 0.214. The Labute approximate surface area is 114 Å². The van der Waals surface area contributed by atoms with Crippen LogP contribution in [0.3, 0.4) is 0 Å². The van der Waals surface area contributed by atoms with Crippen LogP contribution >= 0.6 is 0 Å². The van der Waals surface area contributed by atoms with Gasteiger partial charge in [-0.2, -0.15) is 0 Å². The van der Waals surface area contributed by atoms with Gasteiger partial charge in [0.15, 0.2) is 0 Å². The van der Waals surface area contributed by atoms with E-state index >= 15 is 0 Å². The van der Waals surface area contributed by atoms with Crippen LogP contribution in [0.4, 0.5) is 5.82 Å². The standard InChI is InChI=1S/C14H13N3O3/c1-3-15-12-11-9-6-8(14(18)19-2)4-5-10(9)20-13(11)17-7-16-12/h4-7H,3H2,1-2H3,(H,15,16,17). The van der Waals surface area contributed by atoms with Gasteiger partial charge in [0.05, 0.1) is 18.1 Å². The zero-order valence-electron chi connectivity index (χ0n) is 11.1. The van der Waals surface area contributed by atoms with E-state index < -0.39 is 0 Å². The summed E-state index contributed by atoms with van der Waals surface area (Å²) in [5.74, 6) is 0.307. The first kappa shape index (κ1) is 12.4. The lowest BCUT2D eigenvalue weighted by atomic mass is 10.1. The van der Waals surface area contributed by atoms with Crippen LogP contribution in [0.25, 0.3) is 22.1 Å². The third-order valence-corrected chi connectivity index (χ3v) is 3.03. The molecule has 2 aromatic heterocycles. The number of ether oxygens (including phenoxy) is 1. The van der Waals surface area contributed by atoms with Gasteiger partial charge in [-0.05, 0) is 25.1 Å². The molecule has 3 rings (SSSR count). The topological polar surface area (TPSA) is 77.3 Å². The van der Waals surface area contributed by atoms with Gasteiger partial charge in [-0.25, -0.2) is 14.8 Å². The van der Waals surface area contributed by atoms with Crippen molar-refractivity contribution < 1.29 is 13.9 Å². The summed E-state index contributed by atoms with van der Waals surface area (Å²) in [7, 11) is 1.35. The molecule has 0 saturated heterocycles. The monoisotopic (exact) mass is 271 g/mol. The van der Waals surface area contributed by atoms with Gasteiger partial charge in [-0.3, -0.25) is 0 Å². The highest BCUT2D eigenvalue weighted by Crippen LogP contribution is 2.32. The first-order valence-electron chi connectivity index (χ1n) is 6.24. The zero-order chi connectivity index (χ0) is 14.1. The van der Waals surface area contributed by atoms with Crippen molar-refractivity contribution in [1.82, 2.24) is 9.97 Å². The van der Waals surface area contributed by atoms with E-state index in [0.717, 1.165) is 17.3 Å². The number of furan rings is 1. The van der Waals surface area contributed by atoms with Crippen LogP contribution in [0.15, 0.2) is 28.9 Å². The number of carbonyl (C=O) groups excluding carboxylic acids is 1. The van der Waals surface area contributed by atoms with E-state index in [0.29, 0.717) is 22.7 Å². The van der Waals surface area contributed by atoms with Gasteiger partial charge in [0.1, 0.15) is 17.7 Å². The maximum Gasteiger partial charge on any atom is 0.337 e. The molecule has 0 atom stereocenters. The second-order valence-electron chi connectivity index (χ2n) is 4.24. The predicted octanol–water partition coefficient (Wildman–Crippen LogP) is 2.59. The van der Waals surface area contributed by atoms with Crippen molar-refractivity contribution in [3.63, 3.8) is 0 Å². The summed E-state index contributed by atoms with van der Waals surface area (Å²) in [6, 6.07) is 5.13. The highest BCUT2D eigenvalue weighted by molar-refractivity contribution is 6.10. The number of esters is 1. The Bertz CT molecular complexity index is 795. The van der Waals surface area contributed by atoms with Crippen molar-refractivity contribution >= 4 is 33.9 Å². The molecule has 0 spiro atoms. The Hall–Kier alpha value is -2.63. The normalized spacial score (nSPS) is 10.9. The molecule has 102 valence electrons. The molecule has 20 heavy (non-hydrogen) atoms. The van der Waals surface area contributed by atoms with Crippen LogP contribution in [-0.2, 0) is 4.74 Å². The Balaban J connectivity index is 2.31. The van der Waals surface area contributed by atoms with Crippen molar-refractivity contribution in [1.29, 1.82) is 0 Å². The van der Waals surface area contributed by atoms with Crippen molar-refractivity contribution in [2.24, 2.45) is 0 Å². The van der Waals surface area contributed by atoms with E-state index in [2.05, 4.69) is 15.3 Å². The second kappa shape index (κ2) is 4.80. The molecule has 3 aromatic rings. The highest BCUT2D eigenvalue weighted by Gasteiger charge is 2.15. The van der Waals surface area contributed by atoms with Crippen molar-refractivity contribution in [2.45, 2.75) is 6.92 Å². The molecule has 1 aromatic carbocycles. The summed E-state index contributed by atoms with van der Waals surface area (Å²) in [5, 5.41) is 4.73. The Morgan fingerprint density at radius 2 is 2.25 bits per heavy atom. The molecule has 0 bridgehead atoms. The zero-order valence-corrected chi connectivity index (χ0v) is 11.1. The van der Waals surface area contributed by atoms with E-state index in [1.54, 1.807) is 18.2 Å². The summed E-state index contributed by atoms with van der Waals surface area (Å²) < 4.78 is 10.4. The van der Waals surface area contributed by atoms with Gasteiger partial charge in [0, 0.05) is 11.9 Å². The third kappa shape index (κ3) is 1.85. The maximum atomic E-state index is 11.6. The number of carbonyl (C=O) groups is 1. The second-order valence-corrected chi connectivity index (χ2v) is 4.24. The van der Waals surface area contributed by atoms with E-state index in [-0.39, 0.29) is 5.97 Å². The van der Waals surface area contributed by atoms with Gasteiger partial charge in [0.2, 0.25) is 5.71 Å². The van der Waals surface area contributed by atoms with Crippen LogP contribution in [0.1, 0.15) is 17.3 Å². The average molecular weight is 271 g/mol. The first-order valence-corrected chi connectivity index (χ1v) is 6.24. The van der Waals surface area contributed by atoms with Gasteiger partial charge in [0.25, 0.3) is 0 Å². The van der Waals surface area contributed by atoms with Crippen molar-refractivity contribution in [3.05, 3.63) is 30.1 Å². The number of aromatic nitrogens is 2. The van der Waals surface area contributed by atoms with Crippen molar-refractivity contribution in [3.8, 4) is 0 Å². The third-order valence-electron chi connectivity index (χ3n) is 3.03. The molecule has 2 heterocycles. The molecule has 6 heteroatoms. The van der Waals surface area contributed by atoms with E-state index in [1.165, 1.54) is 13.4 Å². The molecule has 0 aliphatic carbocycles. The Morgan fingerprint density at radius 3 is 3.00 bits per heavy atom. The quantitative estimate of drug-likeness (QED) is 0.738. The summed E-state index contributed by atoms with van der Waals surface area (Å²) in [6.07, 6.45) is 1.45. The van der Waals surface area contributed by atoms with Crippen LogP contribution in [-0.4, -0.2) is 29.6 Å². The van der Waals surface area contributed by atoms with Crippen molar-refractivity contribution in [2.75, 3.05) is 19.0 Å². The minimum Gasteiger partial charge on any atom is -0.465 e. The highest BCUT2D eigenvalue weighted by atomic mass is 16.5. The number of nitrogens with zero attached hydrogens (tertiary/aromatic N) is 2. The fourth-order valence-corrected chi connectivity index (χ4v) is 2.15. The van der Waals surface area contributed by atoms with E-state index in [9.17, 15) is 4.79 Å². The van der Waals surface area contributed by atoms with Gasteiger partial charge in [-0.1, -0.05) is 0 Å². The van der Waals surface area contributed by atoms with Gasteiger partial charge in [-0.15, -0.1) is 0 Å². The molecular weight excluding hydrogens is 258 g/mol. The Morgan fingerprint density at radius 1 is 1.40 bits per heavy atom. The maximum absolute atomic E-state index is 11.6. The molecular formula is C14H13N3O3. The van der Waals surface area contributed by atoms with Crippen LogP contribution < -0.4 is 5.32 Å². The molecule has 1 N–H and O–H groups in total. The minimum absolute atomic E-state index is 0.386. The Kier molecular flexibility index (Phi) is 2.98. The number of anilines is 1. The lowest BCUT2D eigenvalue weighted by Crippen LogP contribution is -2.01. The fourth-order valence-electron chi connectivity index (χ4n) is 2.15. The largest absolute Gasteiger partial charge is 0.465 e. The summed E-state index contributed by atoms with van der Waals surface area (Å²) in [4.78, 5) is 20.0. The molecule has 0 aliphatic heterocycles. The smallest absolute Gasteiger partial charge is 0.337 e. The molecule has 0 saturated carbocycles. The number of hydrogen-bond donors (Lipinski definition) is 1. The number of hydrogen-bond acceptors (Lipinski definition) is 6. The number of fused-ring (bicyclic) bond motifs is 3. The van der Waals surface area contributed by atoms with E-state index in [1.807, 2.05) is 6.92 Å². The van der Waals surface area contributed by atoms with Gasteiger partial charge < -0.3 is 14.5 Å². The van der Waals surface area contributed by atoms with Gasteiger partial charge >= 0.3 is 5.97 Å². The average Bonchev–Trinajstić information content (AvgIpc) is 2.85. The molecule has 6 nitrogen and oxygen atoms in total. The number of rotatable bonds is 3. The lowest BCUT2D eigenvalue weighted by Gasteiger charge is -2.02. The molecule has 0 unspecified atom stereocenters. The predicted molar refractivity (Wildman–Crippen MR) is 74.8 cm³/mol. The molecule has 0 amide bonds. The number of methoxy groups -OCH3 is 1. The lowest BCUT2D eigenvalue weighted by molar-refractivity contribution is 0.0601. The van der Waals surface area contributed by atoms with Crippen LogP contribution in [0.2, 0.25) is 0 Å². The van der Waals surface area contributed by atoms with E-state index in [4.69, 9.17) is 9.15 Å². The summed E-state index contributed by atoms with van der Waals surface area (Å²) >= 11 is 0. The molecule has 0 aliphatic rings. The summed E-state index contributed by atoms with van der Waals surface area (Å²) in [5.41, 5.74) is 1.62. The molecule has 0 fully saturated rings. The number of nitrogens with one attached hydrogen (secondary N) is 1. The first-order chi connectivity index (χ1) is 9.74.